The molecule has 57 heavy (non-hydrogen) atoms. The van der Waals surface area contributed by atoms with Gasteiger partial charge in [-0.3, -0.25) is 14.5 Å². The molecule has 2 aromatic carbocycles. The number of nitrogens with zero attached hydrogens (tertiary/aromatic N) is 4. The van der Waals surface area contributed by atoms with E-state index in [-0.39, 0.29) is 49.2 Å². The maximum atomic E-state index is 14.0. The van der Waals surface area contributed by atoms with Crippen molar-refractivity contribution < 1.29 is 33.8 Å². The monoisotopic (exact) mass is 801 g/mol. The molecular weight excluding hydrogens is 746 g/mol. The summed E-state index contributed by atoms with van der Waals surface area (Å²) in [7, 11) is 4.77. The number of nitrogens with two attached hydrogens (primary N) is 1. The van der Waals surface area contributed by atoms with Crippen LogP contribution in [-0.2, 0) is 25.5 Å². The Labute approximate surface area is 341 Å². The molecular formula is C44H56ClN5O7. The number of aromatic nitrogens is 1. The first-order valence-electron chi connectivity index (χ1n) is 19.8. The molecule has 3 amide bonds. The lowest BCUT2D eigenvalue weighted by Crippen LogP contribution is -2.54. The number of ether oxygens (including phenoxy) is 2. The van der Waals surface area contributed by atoms with Gasteiger partial charge in [0.25, 0.3) is 0 Å². The van der Waals surface area contributed by atoms with Gasteiger partial charge in [0.1, 0.15) is 24.8 Å². The molecule has 1 fully saturated rings. The maximum absolute atomic E-state index is 14.0. The van der Waals surface area contributed by atoms with Gasteiger partial charge in [-0.05, 0) is 79.2 Å². The van der Waals surface area contributed by atoms with Crippen LogP contribution in [-0.4, -0.2) is 107 Å². The molecule has 3 atom stereocenters. The molecule has 3 N–H and O–H groups in total. The topological polar surface area (TPSA) is 156 Å². The summed E-state index contributed by atoms with van der Waals surface area (Å²) in [4.78, 5) is 61.3. The second-order valence-electron chi connectivity index (χ2n) is 15.6. The molecule has 0 radical (unpaired) electrons. The van der Waals surface area contributed by atoms with Crippen molar-refractivity contribution in [3.63, 3.8) is 0 Å². The number of carbonyl (C=O) groups excluding carboxylic acids is 3. The summed E-state index contributed by atoms with van der Waals surface area (Å²) in [6, 6.07) is 15.1. The fourth-order valence-electron chi connectivity index (χ4n) is 7.25. The molecule has 1 saturated carbocycles. The number of benzene rings is 2. The van der Waals surface area contributed by atoms with Crippen molar-refractivity contribution in [1.29, 1.82) is 0 Å². The SMILES string of the molecule is CC(C)C[C@H](N)C(=O)N(C)[C@@H](Cc1cc(Cl)cnc1OC1CC1)C(=O)N(C)CCCC/C=C\C[C@@H](C(=O)O)N(C)C(=O)OCC1c2ccccc2-c2ccccc21. The molecule has 3 aromatic rings. The van der Waals surface area contributed by atoms with Gasteiger partial charge < -0.3 is 30.1 Å². The van der Waals surface area contributed by atoms with Crippen molar-refractivity contribution in [2.24, 2.45) is 11.7 Å². The molecule has 12 nitrogen and oxygen atoms in total. The number of pyridine rings is 1. The highest BCUT2D eigenvalue weighted by Crippen LogP contribution is 2.44. The summed E-state index contributed by atoms with van der Waals surface area (Å²) in [6.45, 7) is 4.52. The summed E-state index contributed by atoms with van der Waals surface area (Å²) in [5, 5.41) is 10.4. The van der Waals surface area contributed by atoms with Crippen molar-refractivity contribution in [1.82, 2.24) is 19.7 Å². The standard InChI is InChI=1S/C44H56ClN5O7/c1-28(2)23-37(46)41(51)49(4)39(25-29-24-30(45)26-47-40(29)57-31-20-21-31)42(52)48(3)22-14-8-6-7-9-19-38(43(53)54)50(5)44(55)56-27-36-34-17-12-10-15-32(34)33-16-11-13-18-35(33)36/h7,9-13,15-18,24,26,28,31,36-39H,6,8,14,19-23,25,27,46H2,1-5H3,(H,53,54)/b9-7-/t37-,38-,39-/m0/s1. The Balaban J connectivity index is 1.12. The number of carboxylic acid groups (broad SMARTS) is 1. The number of halogens is 1. The molecule has 5 rings (SSSR count). The van der Waals surface area contributed by atoms with E-state index in [4.69, 9.17) is 26.8 Å². The summed E-state index contributed by atoms with van der Waals surface area (Å²) < 4.78 is 11.7. The predicted octanol–water partition coefficient (Wildman–Crippen LogP) is 6.93. The second kappa shape index (κ2) is 20.0. The van der Waals surface area contributed by atoms with Crippen LogP contribution in [0.5, 0.6) is 5.88 Å². The highest BCUT2D eigenvalue weighted by Gasteiger charge is 2.35. The van der Waals surface area contributed by atoms with Crippen molar-refractivity contribution in [3.8, 4) is 17.0 Å². The van der Waals surface area contributed by atoms with E-state index < -0.39 is 30.2 Å². The Hall–Kier alpha value is -4.94. The van der Waals surface area contributed by atoms with E-state index in [1.54, 1.807) is 31.1 Å². The Kier molecular flexibility index (Phi) is 15.1. The van der Waals surface area contributed by atoms with Crippen molar-refractivity contribution >= 4 is 35.5 Å². The van der Waals surface area contributed by atoms with Gasteiger partial charge in [0.05, 0.1) is 11.1 Å². The van der Waals surface area contributed by atoms with Crippen LogP contribution in [0, 0.1) is 5.92 Å². The van der Waals surface area contributed by atoms with Gasteiger partial charge in [-0.1, -0.05) is 86.1 Å². The van der Waals surface area contributed by atoms with Gasteiger partial charge in [-0.25, -0.2) is 14.6 Å². The van der Waals surface area contributed by atoms with Gasteiger partial charge in [0.2, 0.25) is 17.7 Å². The van der Waals surface area contributed by atoms with E-state index in [9.17, 15) is 24.3 Å². The average Bonchev–Trinajstić information content (AvgIpc) is 3.96. The van der Waals surface area contributed by atoms with Gasteiger partial charge >= 0.3 is 12.1 Å². The number of fused-ring (bicyclic) bond motifs is 3. The molecule has 0 bridgehead atoms. The lowest BCUT2D eigenvalue weighted by molar-refractivity contribution is -0.144. The number of carboxylic acids is 1. The molecule has 0 aliphatic heterocycles. The maximum Gasteiger partial charge on any atom is 0.410 e. The largest absolute Gasteiger partial charge is 0.480 e. The Morgan fingerprint density at radius 1 is 0.930 bits per heavy atom. The molecule has 0 saturated heterocycles. The number of unbranched alkanes of at least 4 members (excludes halogenated alkanes) is 2. The minimum Gasteiger partial charge on any atom is -0.480 e. The van der Waals surface area contributed by atoms with Gasteiger partial charge in [0.15, 0.2) is 0 Å². The van der Waals surface area contributed by atoms with Crippen LogP contribution in [0.25, 0.3) is 11.1 Å². The third kappa shape index (κ3) is 11.3. The van der Waals surface area contributed by atoms with Gasteiger partial charge in [-0.2, -0.15) is 0 Å². The van der Waals surface area contributed by atoms with Crippen LogP contribution in [0.3, 0.4) is 0 Å². The number of allylic oxidation sites excluding steroid dienone is 1. The highest BCUT2D eigenvalue weighted by molar-refractivity contribution is 6.30. The van der Waals surface area contributed by atoms with E-state index in [2.05, 4.69) is 17.1 Å². The number of aliphatic carboxylic acids is 1. The highest BCUT2D eigenvalue weighted by atomic mass is 35.5. The number of rotatable bonds is 20. The first-order chi connectivity index (χ1) is 27.3. The summed E-state index contributed by atoms with van der Waals surface area (Å²) in [6.07, 6.45) is 9.22. The smallest absolute Gasteiger partial charge is 0.410 e. The van der Waals surface area contributed by atoms with Crippen LogP contribution in [0.2, 0.25) is 5.02 Å². The van der Waals surface area contributed by atoms with Crippen molar-refractivity contribution in [3.05, 3.63) is 94.7 Å². The normalized spacial score (nSPS) is 15.1. The first-order valence-corrected chi connectivity index (χ1v) is 20.2. The molecule has 0 unspecified atom stereocenters. The number of hydrogen-bond donors (Lipinski definition) is 2. The summed E-state index contributed by atoms with van der Waals surface area (Å²) >= 11 is 6.32. The Morgan fingerprint density at radius 2 is 1.58 bits per heavy atom. The fraction of sp³-hybridized carbons (Fsp3) is 0.477. The molecule has 306 valence electrons. The van der Waals surface area contributed by atoms with Crippen LogP contribution in [0.15, 0.2) is 72.9 Å². The van der Waals surface area contributed by atoms with Crippen LogP contribution in [0.1, 0.15) is 81.4 Å². The molecule has 2 aliphatic rings. The van der Waals surface area contributed by atoms with E-state index in [1.165, 1.54) is 18.1 Å². The van der Waals surface area contributed by atoms with Gasteiger partial charge in [0, 0.05) is 51.8 Å². The van der Waals surface area contributed by atoms with E-state index in [1.807, 2.05) is 56.3 Å². The Morgan fingerprint density at radius 3 is 2.19 bits per heavy atom. The quantitative estimate of drug-likeness (QED) is 0.0915. The summed E-state index contributed by atoms with van der Waals surface area (Å²) in [5.74, 6) is -1.19. The lowest BCUT2D eigenvalue weighted by atomic mass is 9.98. The molecule has 13 heteroatoms. The van der Waals surface area contributed by atoms with Crippen LogP contribution in [0.4, 0.5) is 4.79 Å². The summed E-state index contributed by atoms with van der Waals surface area (Å²) in [5.41, 5.74) is 11.3. The zero-order valence-electron chi connectivity index (χ0n) is 33.6. The van der Waals surface area contributed by atoms with Gasteiger partial charge in [-0.15, -0.1) is 0 Å². The van der Waals surface area contributed by atoms with Crippen LogP contribution < -0.4 is 10.5 Å². The van der Waals surface area contributed by atoms with Crippen LogP contribution >= 0.6 is 11.6 Å². The lowest BCUT2D eigenvalue weighted by Gasteiger charge is -2.33. The fourth-order valence-corrected chi connectivity index (χ4v) is 7.43. The zero-order valence-corrected chi connectivity index (χ0v) is 34.4. The molecule has 0 spiro atoms. The number of carbonyl (C=O) groups is 4. The predicted molar refractivity (Wildman–Crippen MR) is 220 cm³/mol. The minimum absolute atomic E-state index is 0.0828. The van der Waals surface area contributed by atoms with Crippen molar-refractivity contribution in [2.45, 2.75) is 95.4 Å². The first kappa shape index (κ1) is 43.2. The van der Waals surface area contributed by atoms with E-state index in [0.29, 0.717) is 42.3 Å². The number of likely N-dealkylation sites (N-methyl/N-ethyl adjacent to an activating group) is 3. The third-order valence-electron chi connectivity index (χ3n) is 10.6. The number of hydrogen-bond acceptors (Lipinski definition) is 8. The van der Waals surface area contributed by atoms with Crippen molar-refractivity contribution in [2.75, 3.05) is 34.3 Å². The molecule has 1 aromatic heterocycles. The minimum atomic E-state index is -1.13. The molecule has 2 aliphatic carbocycles. The average molecular weight is 802 g/mol. The number of amides is 3. The van der Waals surface area contributed by atoms with E-state index in [0.717, 1.165) is 46.4 Å². The zero-order chi connectivity index (χ0) is 41.2. The van der Waals surface area contributed by atoms with E-state index >= 15 is 0 Å². The second-order valence-corrected chi connectivity index (χ2v) is 16.0. The third-order valence-corrected chi connectivity index (χ3v) is 10.9. The Bertz CT molecular complexity index is 1870. The molecule has 1 heterocycles.